The second-order valence-electron chi connectivity index (χ2n) is 9.92. The van der Waals surface area contributed by atoms with Crippen LogP contribution >= 0.6 is 0 Å². The van der Waals surface area contributed by atoms with Crippen LogP contribution < -0.4 is 4.74 Å². The minimum absolute atomic E-state index is 0.172. The number of hydrogen-bond donors (Lipinski definition) is 0. The first kappa shape index (κ1) is 27.0. The Balaban J connectivity index is 1.44. The van der Waals surface area contributed by atoms with Gasteiger partial charge in [-0.3, -0.25) is 0 Å². The van der Waals surface area contributed by atoms with Crippen LogP contribution in [0.1, 0.15) is 80.9 Å². The summed E-state index contributed by atoms with van der Waals surface area (Å²) in [5, 5.41) is 1.30. The Morgan fingerprint density at radius 2 is 1.68 bits per heavy atom. The minimum Gasteiger partial charge on any atom is -0.481 e. The van der Waals surface area contributed by atoms with Crippen molar-refractivity contribution in [1.82, 2.24) is 0 Å². The Morgan fingerprint density at radius 3 is 2.38 bits per heavy atom. The van der Waals surface area contributed by atoms with Crippen LogP contribution in [0.2, 0.25) is 0 Å². The van der Waals surface area contributed by atoms with Crippen LogP contribution in [0.25, 0.3) is 10.8 Å². The number of hydrogen-bond acceptors (Lipinski definition) is 1. The molecular weight excluding hydrogens is 483 g/mol. The molecule has 0 saturated heterocycles. The first-order chi connectivity index (χ1) is 17.7. The Bertz CT molecular complexity index is 1280. The molecule has 1 aliphatic carbocycles. The van der Waals surface area contributed by atoms with Gasteiger partial charge in [0.1, 0.15) is 5.82 Å². The van der Waals surface area contributed by atoms with Crippen molar-refractivity contribution in [3.05, 3.63) is 76.9 Å². The van der Waals surface area contributed by atoms with Crippen LogP contribution in [-0.2, 0) is 0 Å². The fourth-order valence-corrected chi connectivity index (χ4v) is 5.12. The number of ether oxygens (including phenoxy) is 1. The molecule has 4 rings (SSSR count). The lowest BCUT2D eigenvalue weighted by Crippen LogP contribution is -2.19. The summed E-state index contributed by atoms with van der Waals surface area (Å²) in [4.78, 5) is 0. The summed E-state index contributed by atoms with van der Waals surface area (Å²) in [5.74, 6) is 4.82. The highest BCUT2D eigenvalue weighted by Gasteiger charge is 2.29. The number of unbranched alkanes of at least 4 members (excludes halogenated alkanes) is 2. The highest BCUT2D eigenvalue weighted by atomic mass is 19.4. The van der Waals surface area contributed by atoms with Crippen molar-refractivity contribution in [3.63, 3.8) is 0 Å². The van der Waals surface area contributed by atoms with E-state index in [1.165, 1.54) is 63.0 Å². The van der Waals surface area contributed by atoms with Gasteiger partial charge in [0, 0.05) is 10.9 Å². The number of rotatable bonds is 7. The Hall–Kier alpha value is -3.07. The lowest BCUT2D eigenvalue weighted by Gasteiger charge is -2.29. The maximum Gasteiger partial charge on any atom is 0.422 e. The van der Waals surface area contributed by atoms with E-state index in [1.807, 2.05) is 18.2 Å². The van der Waals surface area contributed by atoms with Crippen LogP contribution in [0.4, 0.5) is 22.0 Å². The Kier molecular flexibility index (Phi) is 8.74. The van der Waals surface area contributed by atoms with Gasteiger partial charge in [-0.15, -0.1) is 0 Å². The molecule has 0 atom stereocenters. The van der Waals surface area contributed by atoms with Gasteiger partial charge in [-0.2, -0.15) is 13.2 Å². The van der Waals surface area contributed by atoms with Gasteiger partial charge in [0.15, 0.2) is 18.2 Å². The number of fused-ring (bicyclic) bond motifs is 1. The molecule has 0 radical (unpaired) electrons. The molecule has 196 valence electrons. The van der Waals surface area contributed by atoms with Crippen molar-refractivity contribution in [2.75, 3.05) is 6.61 Å². The lowest BCUT2D eigenvalue weighted by atomic mass is 9.77. The van der Waals surface area contributed by atoms with Crippen molar-refractivity contribution < 1.29 is 26.7 Å². The molecule has 0 N–H and O–H groups in total. The van der Waals surface area contributed by atoms with Crippen molar-refractivity contribution >= 4 is 10.8 Å². The normalized spacial score (nSPS) is 17.9. The molecule has 0 amide bonds. The van der Waals surface area contributed by atoms with E-state index in [-0.39, 0.29) is 11.1 Å². The summed E-state index contributed by atoms with van der Waals surface area (Å²) >= 11 is 0. The van der Waals surface area contributed by atoms with E-state index in [1.54, 1.807) is 6.07 Å². The SMILES string of the molecule is CCCCCC1CCC(c2ccc3c(F)c(C#Cc4ccc(OCC(F)(F)F)c(F)c4)ccc3c2)CC1. The molecule has 3 aromatic rings. The molecule has 3 aromatic carbocycles. The quantitative estimate of drug-likeness (QED) is 0.173. The van der Waals surface area contributed by atoms with E-state index in [0.29, 0.717) is 11.3 Å². The van der Waals surface area contributed by atoms with Crippen LogP contribution in [-0.4, -0.2) is 12.8 Å². The van der Waals surface area contributed by atoms with Gasteiger partial charge >= 0.3 is 6.18 Å². The Morgan fingerprint density at radius 1 is 0.892 bits per heavy atom. The molecule has 0 spiro atoms. The maximum atomic E-state index is 15.2. The van der Waals surface area contributed by atoms with Gasteiger partial charge in [0.25, 0.3) is 0 Å². The van der Waals surface area contributed by atoms with Gasteiger partial charge in [-0.25, -0.2) is 8.78 Å². The predicted octanol–water partition coefficient (Wildman–Crippen LogP) is 9.31. The van der Waals surface area contributed by atoms with Gasteiger partial charge < -0.3 is 4.74 Å². The third-order valence-corrected chi connectivity index (χ3v) is 7.18. The highest BCUT2D eigenvalue weighted by Crippen LogP contribution is 2.39. The highest BCUT2D eigenvalue weighted by molar-refractivity contribution is 5.85. The second-order valence-corrected chi connectivity index (χ2v) is 9.92. The minimum atomic E-state index is -4.56. The molecule has 0 aliphatic heterocycles. The molecular formula is C31H31F5O. The first-order valence-corrected chi connectivity index (χ1v) is 13.0. The van der Waals surface area contributed by atoms with E-state index in [0.717, 1.165) is 23.4 Å². The van der Waals surface area contributed by atoms with Gasteiger partial charge in [-0.1, -0.05) is 68.7 Å². The number of halogens is 5. The molecule has 6 heteroatoms. The summed E-state index contributed by atoms with van der Waals surface area (Å²) in [6, 6.07) is 12.8. The van der Waals surface area contributed by atoms with Crippen LogP contribution in [0, 0.1) is 29.4 Å². The van der Waals surface area contributed by atoms with E-state index in [4.69, 9.17) is 0 Å². The molecule has 1 nitrogen and oxygen atoms in total. The third kappa shape index (κ3) is 7.25. The average Bonchev–Trinajstić information content (AvgIpc) is 2.87. The van der Waals surface area contributed by atoms with Crippen molar-refractivity contribution in [3.8, 4) is 17.6 Å². The summed E-state index contributed by atoms with van der Waals surface area (Å²) in [6.07, 6.45) is 5.51. The van der Waals surface area contributed by atoms with Crippen molar-refractivity contribution in [2.24, 2.45) is 5.92 Å². The van der Waals surface area contributed by atoms with E-state index >= 15 is 4.39 Å². The average molecular weight is 515 g/mol. The molecule has 0 unspecified atom stereocenters. The van der Waals surface area contributed by atoms with Gasteiger partial charge in [0.05, 0.1) is 5.56 Å². The van der Waals surface area contributed by atoms with Crippen molar-refractivity contribution in [2.45, 2.75) is 70.4 Å². The summed E-state index contributed by atoms with van der Waals surface area (Å²) in [7, 11) is 0. The van der Waals surface area contributed by atoms with Crippen LogP contribution in [0.3, 0.4) is 0 Å². The number of alkyl halides is 3. The molecule has 1 fully saturated rings. The molecule has 0 bridgehead atoms. The van der Waals surface area contributed by atoms with E-state index in [2.05, 4.69) is 29.6 Å². The lowest BCUT2D eigenvalue weighted by molar-refractivity contribution is -0.153. The van der Waals surface area contributed by atoms with Gasteiger partial charge in [0.2, 0.25) is 0 Å². The topological polar surface area (TPSA) is 9.23 Å². The Labute approximate surface area is 215 Å². The zero-order chi connectivity index (χ0) is 26.4. The van der Waals surface area contributed by atoms with E-state index < -0.39 is 30.2 Å². The van der Waals surface area contributed by atoms with E-state index in [9.17, 15) is 17.6 Å². The smallest absolute Gasteiger partial charge is 0.422 e. The molecule has 0 aromatic heterocycles. The fourth-order valence-electron chi connectivity index (χ4n) is 5.12. The molecule has 1 aliphatic rings. The van der Waals surface area contributed by atoms with Crippen LogP contribution in [0.15, 0.2) is 48.5 Å². The monoisotopic (exact) mass is 514 g/mol. The fraction of sp³-hybridized carbons (Fsp3) is 0.419. The molecule has 1 saturated carbocycles. The van der Waals surface area contributed by atoms with Crippen molar-refractivity contribution in [1.29, 1.82) is 0 Å². The first-order valence-electron chi connectivity index (χ1n) is 13.0. The maximum absolute atomic E-state index is 15.2. The summed E-state index contributed by atoms with van der Waals surface area (Å²) < 4.78 is 70.6. The summed E-state index contributed by atoms with van der Waals surface area (Å²) in [5.41, 5.74) is 1.63. The largest absolute Gasteiger partial charge is 0.481 e. The number of benzene rings is 3. The zero-order valence-electron chi connectivity index (χ0n) is 20.9. The molecule has 37 heavy (non-hydrogen) atoms. The second kappa shape index (κ2) is 12.0. The molecule has 0 heterocycles. The van der Waals surface area contributed by atoms with Crippen LogP contribution in [0.5, 0.6) is 5.75 Å². The predicted molar refractivity (Wildman–Crippen MR) is 137 cm³/mol. The third-order valence-electron chi connectivity index (χ3n) is 7.18. The summed E-state index contributed by atoms with van der Waals surface area (Å²) in [6.45, 7) is 0.650. The zero-order valence-corrected chi connectivity index (χ0v) is 20.9. The standard InChI is InChI=1S/C31H31F5O/c1-2-3-4-5-21-6-10-23(11-7-21)25-15-16-27-26(19-25)14-13-24(30(27)33)12-8-22-9-17-29(28(32)18-22)37-20-31(34,35)36/h9,13-19,21,23H,2-7,10-11,20H2,1H3. The van der Waals surface area contributed by atoms with Gasteiger partial charge in [-0.05, 0) is 72.7 Å².